The van der Waals surface area contributed by atoms with E-state index in [9.17, 15) is 9.18 Å². The van der Waals surface area contributed by atoms with Crippen LogP contribution in [-0.2, 0) is 0 Å². The number of carbonyl (C=O) groups excluding carboxylic acids is 1. The third-order valence-corrected chi connectivity index (χ3v) is 5.08. The van der Waals surface area contributed by atoms with Gasteiger partial charge in [-0.05, 0) is 55.0 Å². The van der Waals surface area contributed by atoms with Crippen LogP contribution in [0.3, 0.4) is 0 Å². The number of amides is 1. The largest absolute Gasteiger partial charge is 0.492 e. The Morgan fingerprint density at radius 1 is 1.10 bits per heavy atom. The van der Waals surface area contributed by atoms with Crippen LogP contribution in [0, 0.1) is 12.7 Å². The van der Waals surface area contributed by atoms with Crippen molar-refractivity contribution >= 4 is 16.8 Å². The van der Waals surface area contributed by atoms with Gasteiger partial charge in [0.1, 0.15) is 18.2 Å². The van der Waals surface area contributed by atoms with E-state index >= 15 is 0 Å². The van der Waals surface area contributed by atoms with Crippen LogP contribution in [0.4, 0.5) is 4.39 Å². The number of carbonyl (C=O) groups is 1. The molecule has 4 aromatic rings. The van der Waals surface area contributed by atoms with Gasteiger partial charge in [0.15, 0.2) is 0 Å². The van der Waals surface area contributed by atoms with Gasteiger partial charge in [0.25, 0.3) is 5.91 Å². The maximum absolute atomic E-state index is 13.3. The summed E-state index contributed by atoms with van der Waals surface area (Å²) in [5.74, 6) is 0.126. The number of ether oxygens (including phenoxy) is 1. The van der Waals surface area contributed by atoms with E-state index in [1.165, 1.54) is 12.1 Å². The highest BCUT2D eigenvalue weighted by Crippen LogP contribution is 2.27. The molecule has 1 amide bonds. The molecule has 0 saturated carbocycles. The van der Waals surface area contributed by atoms with Gasteiger partial charge in [-0.3, -0.25) is 9.78 Å². The molecule has 0 saturated heterocycles. The Bertz CT molecular complexity index is 1210. The zero-order valence-electron chi connectivity index (χ0n) is 17.4. The summed E-state index contributed by atoms with van der Waals surface area (Å²) in [6.45, 7) is 2.66. The van der Waals surface area contributed by atoms with E-state index in [0.29, 0.717) is 30.2 Å². The standard InChI is InChI=1S/C25H22FN3O2/c1-17-5-3-7-21-22(15-23(28-24(17)21)18-6-4-12-27-16-18)25(30)29(2)13-14-31-20-10-8-19(26)9-11-20/h3-12,15-16H,13-14H2,1-2H3. The Labute approximate surface area is 180 Å². The molecule has 6 heteroatoms. The van der Waals surface area contributed by atoms with E-state index in [1.54, 1.807) is 36.5 Å². The number of rotatable bonds is 6. The Morgan fingerprint density at radius 3 is 2.65 bits per heavy atom. The monoisotopic (exact) mass is 415 g/mol. The molecule has 2 aromatic carbocycles. The fourth-order valence-electron chi connectivity index (χ4n) is 3.37. The lowest BCUT2D eigenvalue weighted by atomic mass is 10.0. The number of fused-ring (bicyclic) bond motifs is 1. The van der Waals surface area contributed by atoms with Gasteiger partial charge in [-0.2, -0.15) is 0 Å². The molecule has 2 aromatic heterocycles. The van der Waals surface area contributed by atoms with Gasteiger partial charge in [-0.15, -0.1) is 0 Å². The molecule has 0 fully saturated rings. The second-order valence-electron chi connectivity index (χ2n) is 7.30. The lowest BCUT2D eigenvalue weighted by molar-refractivity contribution is 0.0775. The topological polar surface area (TPSA) is 55.3 Å². The van der Waals surface area contributed by atoms with Crippen molar-refractivity contribution in [3.8, 4) is 17.0 Å². The molecule has 0 aliphatic rings. The van der Waals surface area contributed by atoms with E-state index in [0.717, 1.165) is 22.0 Å². The smallest absolute Gasteiger partial charge is 0.254 e. The number of likely N-dealkylation sites (N-methyl/N-ethyl adjacent to an activating group) is 1. The van der Waals surface area contributed by atoms with Crippen molar-refractivity contribution in [1.82, 2.24) is 14.9 Å². The van der Waals surface area contributed by atoms with Crippen molar-refractivity contribution in [1.29, 1.82) is 0 Å². The minimum absolute atomic E-state index is 0.120. The average Bonchev–Trinajstić information content (AvgIpc) is 2.80. The molecule has 0 aliphatic carbocycles. The minimum Gasteiger partial charge on any atom is -0.492 e. The summed E-state index contributed by atoms with van der Waals surface area (Å²) in [4.78, 5) is 23.9. The zero-order valence-corrected chi connectivity index (χ0v) is 17.4. The molecular weight excluding hydrogens is 393 g/mol. The summed E-state index contributed by atoms with van der Waals surface area (Å²) >= 11 is 0. The predicted molar refractivity (Wildman–Crippen MR) is 119 cm³/mol. The van der Waals surface area contributed by atoms with Crippen LogP contribution >= 0.6 is 0 Å². The fourth-order valence-corrected chi connectivity index (χ4v) is 3.37. The van der Waals surface area contributed by atoms with Crippen molar-refractivity contribution in [3.05, 3.63) is 90.0 Å². The van der Waals surface area contributed by atoms with Crippen molar-refractivity contribution in [2.24, 2.45) is 0 Å². The van der Waals surface area contributed by atoms with E-state index in [1.807, 2.05) is 43.3 Å². The summed E-state index contributed by atoms with van der Waals surface area (Å²) in [5.41, 5.74) is 3.93. The van der Waals surface area contributed by atoms with Crippen LogP contribution in [0.1, 0.15) is 15.9 Å². The van der Waals surface area contributed by atoms with Crippen LogP contribution in [0.2, 0.25) is 0 Å². The second kappa shape index (κ2) is 8.92. The number of halogens is 1. The Morgan fingerprint density at radius 2 is 1.90 bits per heavy atom. The van der Waals surface area contributed by atoms with Gasteiger partial charge in [0.2, 0.25) is 0 Å². The van der Waals surface area contributed by atoms with Crippen LogP contribution in [-0.4, -0.2) is 41.0 Å². The fraction of sp³-hybridized carbons (Fsp3) is 0.160. The Balaban J connectivity index is 1.60. The molecule has 0 radical (unpaired) electrons. The number of benzene rings is 2. The maximum Gasteiger partial charge on any atom is 0.254 e. The molecule has 31 heavy (non-hydrogen) atoms. The molecule has 156 valence electrons. The SMILES string of the molecule is Cc1cccc2c(C(=O)N(C)CCOc3ccc(F)cc3)cc(-c3cccnc3)nc12. The summed E-state index contributed by atoms with van der Waals surface area (Å²) in [6.07, 6.45) is 3.44. The average molecular weight is 415 g/mol. The van der Waals surface area contributed by atoms with Crippen LogP contribution in [0.15, 0.2) is 73.1 Å². The third kappa shape index (κ3) is 4.53. The normalized spacial score (nSPS) is 10.8. The zero-order chi connectivity index (χ0) is 21.8. The van der Waals surface area contributed by atoms with Crippen molar-refractivity contribution < 1.29 is 13.9 Å². The number of para-hydroxylation sites is 1. The van der Waals surface area contributed by atoms with Gasteiger partial charge in [0, 0.05) is 30.4 Å². The first kappa shape index (κ1) is 20.5. The number of aromatic nitrogens is 2. The molecule has 4 rings (SSSR count). The Kier molecular flexibility index (Phi) is 5.89. The predicted octanol–water partition coefficient (Wildman–Crippen LogP) is 4.90. The van der Waals surface area contributed by atoms with Gasteiger partial charge in [-0.25, -0.2) is 9.37 Å². The highest BCUT2D eigenvalue weighted by atomic mass is 19.1. The van der Waals surface area contributed by atoms with Crippen LogP contribution in [0.25, 0.3) is 22.2 Å². The second-order valence-corrected chi connectivity index (χ2v) is 7.30. The molecule has 0 N–H and O–H groups in total. The molecule has 2 heterocycles. The van der Waals surface area contributed by atoms with Crippen molar-refractivity contribution in [2.75, 3.05) is 20.2 Å². The van der Waals surface area contributed by atoms with Gasteiger partial charge < -0.3 is 9.64 Å². The van der Waals surface area contributed by atoms with E-state index in [2.05, 4.69) is 4.98 Å². The summed E-state index contributed by atoms with van der Waals surface area (Å²) in [7, 11) is 1.74. The maximum atomic E-state index is 13.3. The number of aryl methyl sites for hydroxylation is 1. The first-order valence-electron chi connectivity index (χ1n) is 9.97. The van der Waals surface area contributed by atoms with Gasteiger partial charge in [-0.1, -0.05) is 18.2 Å². The number of hydrogen-bond acceptors (Lipinski definition) is 4. The first-order valence-corrected chi connectivity index (χ1v) is 9.97. The molecule has 0 spiro atoms. The van der Waals surface area contributed by atoms with E-state index < -0.39 is 0 Å². The number of hydrogen-bond donors (Lipinski definition) is 0. The molecule has 0 atom stereocenters. The lowest BCUT2D eigenvalue weighted by Gasteiger charge is -2.19. The molecule has 0 unspecified atom stereocenters. The van der Waals surface area contributed by atoms with Gasteiger partial charge in [0.05, 0.1) is 23.3 Å². The van der Waals surface area contributed by atoms with E-state index in [-0.39, 0.29) is 11.7 Å². The molecule has 0 aliphatic heterocycles. The number of nitrogens with zero attached hydrogens (tertiary/aromatic N) is 3. The highest BCUT2D eigenvalue weighted by Gasteiger charge is 2.18. The Hall–Kier alpha value is -3.80. The van der Waals surface area contributed by atoms with E-state index in [4.69, 9.17) is 9.72 Å². The van der Waals surface area contributed by atoms with Crippen molar-refractivity contribution in [2.45, 2.75) is 6.92 Å². The number of pyridine rings is 2. The quantitative estimate of drug-likeness (QED) is 0.450. The summed E-state index contributed by atoms with van der Waals surface area (Å²) in [6, 6.07) is 17.2. The lowest BCUT2D eigenvalue weighted by Crippen LogP contribution is -2.31. The molecule has 0 bridgehead atoms. The van der Waals surface area contributed by atoms with Crippen LogP contribution < -0.4 is 4.74 Å². The summed E-state index contributed by atoms with van der Waals surface area (Å²) in [5, 5.41) is 0.809. The molecule has 5 nitrogen and oxygen atoms in total. The highest BCUT2D eigenvalue weighted by molar-refractivity contribution is 6.07. The first-order chi connectivity index (χ1) is 15.0. The summed E-state index contributed by atoms with van der Waals surface area (Å²) < 4.78 is 18.7. The van der Waals surface area contributed by atoms with Gasteiger partial charge >= 0.3 is 0 Å². The van der Waals surface area contributed by atoms with Crippen molar-refractivity contribution in [3.63, 3.8) is 0 Å². The van der Waals surface area contributed by atoms with Crippen LogP contribution in [0.5, 0.6) is 5.75 Å². The minimum atomic E-state index is -0.316. The third-order valence-electron chi connectivity index (χ3n) is 5.08. The molecular formula is C25H22FN3O2.